The first kappa shape index (κ1) is 10.0. The van der Waals surface area contributed by atoms with Crippen LogP contribution < -0.4 is 10.6 Å². The molecule has 6 heteroatoms. The summed E-state index contributed by atoms with van der Waals surface area (Å²) < 4.78 is 3.99. The fourth-order valence-electron chi connectivity index (χ4n) is 1.63. The molecule has 1 fully saturated rings. The van der Waals surface area contributed by atoms with Crippen LogP contribution in [0.15, 0.2) is 0 Å². The number of nitrogen functional groups attached to an aromatic ring is 1. The zero-order valence-electron chi connectivity index (χ0n) is 8.14. The van der Waals surface area contributed by atoms with Crippen LogP contribution in [0.2, 0.25) is 0 Å². The van der Waals surface area contributed by atoms with Crippen molar-refractivity contribution in [2.24, 2.45) is 0 Å². The molecule has 1 atom stereocenters. The predicted molar refractivity (Wildman–Crippen MR) is 63.1 cm³/mol. The molecule has 0 aliphatic carbocycles. The molecule has 1 aromatic heterocycles. The van der Waals surface area contributed by atoms with Crippen molar-refractivity contribution in [3.8, 4) is 0 Å². The third-order valence-electron chi connectivity index (χ3n) is 2.25. The molecule has 1 aliphatic heterocycles. The first-order valence-electron chi connectivity index (χ1n) is 4.75. The van der Waals surface area contributed by atoms with E-state index in [1.54, 1.807) is 0 Å². The van der Waals surface area contributed by atoms with Crippen LogP contribution >= 0.6 is 23.3 Å². The summed E-state index contributed by atoms with van der Waals surface area (Å²) in [6, 6.07) is 0. The number of anilines is 2. The minimum absolute atomic E-state index is 0.400. The van der Waals surface area contributed by atoms with E-state index in [1.807, 2.05) is 11.8 Å². The molecular weight excluding hydrogens is 216 g/mol. The predicted octanol–water partition coefficient (Wildman–Crippen LogP) is 1.45. The smallest absolute Gasteiger partial charge is 0.233 e. The molecule has 0 saturated carbocycles. The van der Waals surface area contributed by atoms with Gasteiger partial charge in [0.25, 0.3) is 0 Å². The number of nitrogens with two attached hydrogens (primary N) is 1. The molecule has 78 valence electrons. The zero-order chi connectivity index (χ0) is 9.97. The van der Waals surface area contributed by atoms with E-state index in [4.69, 9.17) is 5.73 Å². The van der Waals surface area contributed by atoms with Crippen molar-refractivity contribution in [3.05, 3.63) is 0 Å². The molecule has 4 nitrogen and oxygen atoms in total. The Hall–Kier alpha value is -0.490. The molecule has 0 aromatic carbocycles. The second kappa shape index (κ2) is 4.35. The van der Waals surface area contributed by atoms with Crippen molar-refractivity contribution in [1.29, 1.82) is 0 Å². The van der Waals surface area contributed by atoms with Gasteiger partial charge in [0.1, 0.15) is 0 Å². The van der Waals surface area contributed by atoms with Crippen molar-refractivity contribution in [2.75, 3.05) is 29.5 Å². The standard InChI is InChI=1S/C8H14N4S2/c1-2-13-6-3-4-12(5-6)8-10-7(9)11-14-8/h6H,2-5H2,1H3,(H2,9,11). The highest BCUT2D eigenvalue weighted by atomic mass is 32.2. The summed E-state index contributed by atoms with van der Waals surface area (Å²) in [7, 11) is 0. The van der Waals surface area contributed by atoms with Gasteiger partial charge in [-0.05, 0) is 12.2 Å². The van der Waals surface area contributed by atoms with Crippen LogP contribution in [0.1, 0.15) is 13.3 Å². The number of rotatable bonds is 3. The second-order valence-corrected chi connectivity index (χ2v) is 5.55. The number of nitrogens with zero attached hydrogens (tertiary/aromatic N) is 3. The third-order valence-corrected chi connectivity index (χ3v) is 4.23. The van der Waals surface area contributed by atoms with Gasteiger partial charge in [-0.15, -0.1) is 0 Å². The van der Waals surface area contributed by atoms with Gasteiger partial charge in [0.05, 0.1) is 0 Å². The molecule has 2 N–H and O–H groups in total. The largest absolute Gasteiger partial charge is 0.367 e. The fourth-order valence-corrected chi connectivity index (χ4v) is 3.29. The van der Waals surface area contributed by atoms with Gasteiger partial charge in [0.2, 0.25) is 11.1 Å². The van der Waals surface area contributed by atoms with E-state index in [2.05, 4.69) is 21.2 Å². The average Bonchev–Trinajstić information content (AvgIpc) is 2.74. The highest BCUT2D eigenvalue weighted by Gasteiger charge is 2.24. The highest BCUT2D eigenvalue weighted by Crippen LogP contribution is 2.28. The Morgan fingerprint density at radius 1 is 1.71 bits per heavy atom. The normalized spacial score (nSPS) is 21.8. The lowest BCUT2D eigenvalue weighted by Gasteiger charge is -2.13. The van der Waals surface area contributed by atoms with Gasteiger partial charge >= 0.3 is 0 Å². The maximum absolute atomic E-state index is 5.50. The van der Waals surface area contributed by atoms with Gasteiger partial charge in [-0.2, -0.15) is 21.1 Å². The Kier molecular flexibility index (Phi) is 3.12. The van der Waals surface area contributed by atoms with Gasteiger partial charge in [-0.25, -0.2) is 0 Å². The van der Waals surface area contributed by atoms with Crippen LogP contribution in [-0.2, 0) is 0 Å². The minimum Gasteiger partial charge on any atom is -0.367 e. The number of aromatic nitrogens is 2. The number of thioether (sulfide) groups is 1. The van der Waals surface area contributed by atoms with Crippen LogP contribution in [0.4, 0.5) is 11.1 Å². The Balaban J connectivity index is 1.95. The van der Waals surface area contributed by atoms with Gasteiger partial charge in [0.15, 0.2) is 0 Å². The molecular formula is C8H14N4S2. The second-order valence-electron chi connectivity index (χ2n) is 3.25. The molecule has 0 radical (unpaired) electrons. The first-order chi connectivity index (χ1) is 6.79. The topological polar surface area (TPSA) is 55.0 Å². The van der Waals surface area contributed by atoms with Gasteiger partial charge < -0.3 is 10.6 Å². The summed E-state index contributed by atoms with van der Waals surface area (Å²) in [5, 5.41) is 1.73. The molecule has 1 aromatic rings. The van der Waals surface area contributed by atoms with Crippen LogP contribution in [0, 0.1) is 0 Å². The molecule has 0 spiro atoms. The van der Waals surface area contributed by atoms with E-state index in [0.717, 1.165) is 23.5 Å². The lowest BCUT2D eigenvalue weighted by atomic mass is 10.4. The summed E-state index contributed by atoms with van der Waals surface area (Å²) in [5.41, 5.74) is 5.50. The Morgan fingerprint density at radius 3 is 3.21 bits per heavy atom. The minimum atomic E-state index is 0.400. The quantitative estimate of drug-likeness (QED) is 0.852. The third kappa shape index (κ3) is 2.12. The van der Waals surface area contributed by atoms with E-state index < -0.39 is 0 Å². The van der Waals surface area contributed by atoms with Gasteiger partial charge in [-0.1, -0.05) is 6.92 Å². The first-order valence-corrected chi connectivity index (χ1v) is 6.57. The summed E-state index contributed by atoms with van der Waals surface area (Å²) in [5.74, 6) is 1.59. The Morgan fingerprint density at radius 2 is 2.57 bits per heavy atom. The van der Waals surface area contributed by atoms with Crippen molar-refractivity contribution >= 4 is 34.4 Å². The van der Waals surface area contributed by atoms with E-state index in [0.29, 0.717) is 5.95 Å². The van der Waals surface area contributed by atoms with E-state index >= 15 is 0 Å². The van der Waals surface area contributed by atoms with Crippen LogP contribution in [-0.4, -0.2) is 33.4 Å². The SMILES string of the molecule is CCSC1CCN(c2nc(N)ns2)C1. The summed E-state index contributed by atoms with van der Waals surface area (Å²) >= 11 is 3.43. The van der Waals surface area contributed by atoms with Crippen LogP contribution in [0.5, 0.6) is 0 Å². The van der Waals surface area contributed by atoms with E-state index in [-0.39, 0.29) is 0 Å². The summed E-state index contributed by atoms with van der Waals surface area (Å²) in [4.78, 5) is 6.47. The Bertz CT molecular complexity index is 301. The van der Waals surface area contributed by atoms with Crippen molar-refractivity contribution in [2.45, 2.75) is 18.6 Å². The molecule has 14 heavy (non-hydrogen) atoms. The monoisotopic (exact) mass is 230 g/mol. The van der Waals surface area contributed by atoms with Crippen LogP contribution in [0.3, 0.4) is 0 Å². The van der Waals surface area contributed by atoms with Crippen molar-refractivity contribution in [1.82, 2.24) is 9.36 Å². The fraction of sp³-hybridized carbons (Fsp3) is 0.750. The Labute approximate surface area is 92.1 Å². The van der Waals surface area contributed by atoms with Crippen molar-refractivity contribution in [3.63, 3.8) is 0 Å². The maximum Gasteiger partial charge on any atom is 0.233 e. The van der Waals surface area contributed by atoms with Gasteiger partial charge in [0, 0.05) is 29.9 Å². The molecule has 2 heterocycles. The molecule has 1 aliphatic rings. The van der Waals surface area contributed by atoms with Gasteiger partial charge in [-0.3, -0.25) is 0 Å². The van der Waals surface area contributed by atoms with E-state index in [9.17, 15) is 0 Å². The number of hydrogen-bond acceptors (Lipinski definition) is 6. The summed E-state index contributed by atoms with van der Waals surface area (Å²) in [6.45, 7) is 4.38. The van der Waals surface area contributed by atoms with Crippen LogP contribution in [0.25, 0.3) is 0 Å². The summed E-state index contributed by atoms with van der Waals surface area (Å²) in [6.07, 6.45) is 1.25. The molecule has 1 saturated heterocycles. The highest BCUT2D eigenvalue weighted by molar-refractivity contribution is 7.99. The lowest BCUT2D eigenvalue weighted by molar-refractivity contribution is 0.958. The van der Waals surface area contributed by atoms with E-state index in [1.165, 1.54) is 23.7 Å². The van der Waals surface area contributed by atoms with Crippen molar-refractivity contribution < 1.29 is 0 Å². The zero-order valence-corrected chi connectivity index (χ0v) is 9.77. The average molecular weight is 230 g/mol. The number of hydrogen-bond donors (Lipinski definition) is 1. The lowest BCUT2D eigenvalue weighted by Crippen LogP contribution is -2.20. The molecule has 1 unspecified atom stereocenters. The molecule has 2 rings (SSSR count). The molecule has 0 amide bonds. The molecule has 0 bridgehead atoms. The maximum atomic E-state index is 5.50.